The Morgan fingerprint density at radius 1 is 1.36 bits per heavy atom. The van der Waals surface area contributed by atoms with E-state index in [-0.39, 0.29) is 11.3 Å². The van der Waals surface area contributed by atoms with E-state index in [2.05, 4.69) is 15.4 Å². The maximum Gasteiger partial charge on any atom is 0.337 e. The molecule has 120 valence electrons. The topological polar surface area (TPSA) is 125 Å². The molecule has 0 fully saturated rings. The molecule has 9 heteroatoms. The highest BCUT2D eigenvalue weighted by Crippen LogP contribution is 2.16. The van der Waals surface area contributed by atoms with Crippen LogP contribution in [0.1, 0.15) is 17.3 Å². The number of esters is 1. The van der Waals surface area contributed by atoms with Crippen LogP contribution in [0.5, 0.6) is 0 Å². The fourth-order valence-corrected chi connectivity index (χ4v) is 1.36. The maximum absolute atomic E-state index is 13.6. The van der Waals surface area contributed by atoms with Crippen molar-refractivity contribution in [3.05, 3.63) is 29.6 Å². The number of anilines is 1. The quantitative estimate of drug-likeness (QED) is 0.589. The van der Waals surface area contributed by atoms with Gasteiger partial charge in [-0.25, -0.2) is 18.8 Å². The number of methoxy groups -OCH3 is 1. The van der Waals surface area contributed by atoms with Gasteiger partial charge >= 0.3 is 18.0 Å². The number of amides is 2. The monoisotopic (exact) mass is 314 g/mol. The summed E-state index contributed by atoms with van der Waals surface area (Å²) in [5.41, 5.74) is -2.43. The van der Waals surface area contributed by atoms with E-state index < -0.39 is 35.9 Å². The number of benzene rings is 1. The smallest absolute Gasteiger partial charge is 0.337 e. The zero-order valence-corrected chi connectivity index (χ0v) is 11.8. The summed E-state index contributed by atoms with van der Waals surface area (Å²) in [5, 5.41) is 22.3. The van der Waals surface area contributed by atoms with Crippen LogP contribution in [-0.2, 0) is 9.53 Å². The van der Waals surface area contributed by atoms with Crippen molar-refractivity contribution < 1.29 is 33.7 Å². The Morgan fingerprint density at radius 2 is 2.00 bits per heavy atom. The molecule has 1 rings (SSSR count). The number of carbonyl (C=O) groups excluding carboxylic acids is 2. The van der Waals surface area contributed by atoms with Crippen LogP contribution in [0.4, 0.5) is 14.9 Å². The number of hydrogen-bond acceptors (Lipinski definition) is 5. The summed E-state index contributed by atoms with van der Waals surface area (Å²) in [6, 6.07) is 2.27. The number of carboxylic acids is 1. The first-order valence-corrected chi connectivity index (χ1v) is 6.06. The number of hydrogen-bond donors (Lipinski definition) is 4. The molecule has 0 aliphatic heterocycles. The van der Waals surface area contributed by atoms with Crippen LogP contribution in [0.2, 0.25) is 0 Å². The average Bonchev–Trinajstić information content (AvgIpc) is 2.46. The van der Waals surface area contributed by atoms with E-state index in [1.54, 1.807) is 0 Å². The fourth-order valence-electron chi connectivity index (χ4n) is 1.36. The molecule has 22 heavy (non-hydrogen) atoms. The second kappa shape index (κ2) is 6.85. The van der Waals surface area contributed by atoms with Crippen molar-refractivity contribution in [1.29, 1.82) is 0 Å². The Balaban J connectivity index is 2.76. The van der Waals surface area contributed by atoms with Crippen LogP contribution in [0.25, 0.3) is 0 Å². The van der Waals surface area contributed by atoms with Gasteiger partial charge in [0.1, 0.15) is 5.82 Å². The van der Waals surface area contributed by atoms with Crippen molar-refractivity contribution in [2.75, 3.05) is 19.0 Å². The molecule has 8 nitrogen and oxygen atoms in total. The lowest BCUT2D eigenvalue weighted by atomic mass is 10.1. The number of carbonyl (C=O) groups is 3. The predicted octanol–water partition coefficient (Wildman–Crippen LogP) is 0.569. The van der Waals surface area contributed by atoms with Crippen molar-refractivity contribution in [1.82, 2.24) is 5.32 Å². The highest BCUT2D eigenvalue weighted by Gasteiger charge is 2.30. The van der Waals surface area contributed by atoms with Crippen LogP contribution in [0.3, 0.4) is 0 Å². The first-order valence-electron chi connectivity index (χ1n) is 6.06. The highest BCUT2D eigenvalue weighted by molar-refractivity contribution is 5.94. The second-order valence-corrected chi connectivity index (χ2v) is 4.57. The number of halogens is 1. The Kier molecular flexibility index (Phi) is 5.41. The molecule has 1 unspecified atom stereocenters. The number of carboxylic acid groups (broad SMARTS) is 1. The standard InChI is InChI=1S/C13H15FN2O6/c1-13(21,11(18)19)6-15-12(20)16-9-5-7(10(17)22-2)3-4-8(9)14/h3-5,21H,6H2,1-2H3,(H,18,19)(H2,15,16,20). The molecule has 0 radical (unpaired) electrons. The second-order valence-electron chi connectivity index (χ2n) is 4.57. The molecule has 0 saturated heterocycles. The van der Waals surface area contributed by atoms with Crippen molar-refractivity contribution >= 4 is 23.7 Å². The molecule has 0 aromatic heterocycles. The normalized spacial score (nSPS) is 12.9. The molecule has 4 N–H and O–H groups in total. The van der Waals surface area contributed by atoms with Crippen LogP contribution in [0, 0.1) is 5.82 Å². The zero-order chi connectivity index (χ0) is 16.9. The van der Waals surface area contributed by atoms with E-state index in [1.165, 1.54) is 6.07 Å². The molecule has 2 amide bonds. The first-order chi connectivity index (χ1) is 10.2. The van der Waals surface area contributed by atoms with Gasteiger partial charge in [0.2, 0.25) is 0 Å². The summed E-state index contributed by atoms with van der Waals surface area (Å²) in [7, 11) is 1.15. The number of aliphatic hydroxyl groups is 1. The molecule has 1 aromatic carbocycles. The Bertz CT molecular complexity index is 602. The Morgan fingerprint density at radius 3 is 2.55 bits per heavy atom. The van der Waals surface area contributed by atoms with E-state index in [0.29, 0.717) is 0 Å². The third-order valence-electron chi connectivity index (χ3n) is 2.69. The first kappa shape index (κ1) is 17.4. The SMILES string of the molecule is COC(=O)c1ccc(F)c(NC(=O)NCC(C)(O)C(=O)O)c1. The number of aliphatic carboxylic acids is 1. The van der Waals surface area contributed by atoms with Crippen LogP contribution >= 0.6 is 0 Å². The number of rotatable bonds is 5. The molecular formula is C13H15FN2O6. The summed E-state index contributed by atoms with van der Waals surface area (Å²) in [5.74, 6) is -3.03. The Hall–Kier alpha value is -2.68. The average molecular weight is 314 g/mol. The van der Waals surface area contributed by atoms with Gasteiger partial charge in [0.15, 0.2) is 5.60 Å². The van der Waals surface area contributed by atoms with Crippen molar-refractivity contribution in [3.63, 3.8) is 0 Å². The number of nitrogens with one attached hydrogen (secondary N) is 2. The van der Waals surface area contributed by atoms with E-state index in [1.807, 2.05) is 0 Å². The van der Waals surface area contributed by atoms with Gasteiger partial charge in [-0.1, -0.05) is 0 Å². The molecule has 0 aliphatic rings. The zero-order valence-electron chi connectivity index (χ0n) is 11.8. The van der Waals surface area contributed by atoms with E-state index >= 15 is 0 Å². The fraction of sp³-hybridized carbons (Fsp3) is 0.308. The van der Waals surface area contributed by atoms with Crippen molar-refractivity contribution in [2.45, 2.75) is 12.5 Å². The number of ether oxygens (including phenoxy) is 1. The van der Waals surface area contributed by atoms with Crippen molar-refractivity contribution in [2.24, 2.45) is 0 Å². The van der Waals surface area contributed by atoms with E-state index in [0.717, 1.165) is 26.2 Å². The maximum atomic E-state index is 13.6. The van der Waals surface area contributed by atoms with Gasteiger partial charge in [-0.2, -0.15) is 0 Å². The summed E-state index contributed by atoms with van der Waals surface area (Å²) in [6.07, 6.45) is 0. The third-order valence-corrected chi connectivity index (χ3v) is 2.69. The van der Waals surface area contributed by atoms with Gasteiger partial charge < -0.3 is 25.6 Å². The number of urea groups is 1. The third kappa shape index (κ3) is 4.42. The largest absolute Gasteiger partial charge is 0.479 e. The molecule has 0 aliphatic carbocycles. The molecule has 1 aromatic rings. The van der Waals surface area contributed by atoms with Gasteiger partial charge in [-0.3, -0.25) is 0 Å². The lowest BCUT2D eigenvalue weighted by Crippen LogP contribution is -2.47. The molecular weight excluding hydrogens is 299 g/mol. The molecule has 0 heterocycles. The van der Waals surface area contributed by atoms with Gasteiger partial charge in [0.05, 0.1) is 24.9 Å². The Labute approximate surface area is 124 Å². The predicted molar refractivity (Wildman–Crippen MR) is 73.0 cm³/mol. The molecule has 0 bridgehead atoms. The molecule has 1 atom stereocenters. The van der Waals surface area contributed by atoms with Crippen molar-refractivity contribution in [3.8, 4) is 0 Å². The lowest BCUT2D eigenvalue weighted by molar-refractivity contribution is -0.155. The minimum absolute atomic E-state index is 0.0248. The van der Waals surface area contributed by atoms with Gasteiger partial charge in [0, 0.05) is 0 Å². The molecule has 0 spiro atoms. The van der Waals surface area contributed by atoms with Crippen LogP contribution < -0.4 is 10.6 Å². The van der Waals surface area contributed by atoms with Gasteiger partial charge in [-0.05, 0) is 25.1 Å². The summed E-state index contributed by atoms with van der Waals surface area (Å²) >= 11 is 0. The summed E-state index contributed by atoms with van der Waals surface area (Å²) in [6.45, 7) is 0.403. The minimum Gasteiger partial charge on any atom is -0.479 e. The van der Waals surface area contributed by atoms with Gasteiger partial charge in [0.25, 0.3) is 0 Å². The van der Waals surface area contributed by atoms with E-state index in [4.69, 9.17) is 5.11 Å². The lowest BCUT2D eigenvalue weighted by Gasteiger charge is -2.18. The van der Waals surface area contributed by atoms with Crippen LogP contribution in [-0.4, -0.2) is 47.4 Å². The van der Waals surface area contributed by atoms with E-state index in [9.17, 15) is 23.9 Å². The van der Waals surface area contributed by atoms with Crippen LogP contribution in [0.15, 0.2) is 18.2 Å². The summed E-state index contributed by atoms with van der Waals surface area (Å²) < 4.78 is 18.0. The summed E-state index contributed by atoms with van der Waals surface area (Å²) in [4.78, 5) is 33.6. The molecule has 0 saturated carbocycles. The minimum atomic E-state index is -2.16. The highest BCUT2D eigenvalue weighted by atomic mass is 19.1. The van der Waals surface area contributed by atoms with Gasteiger partial charge in [-0.15, -0.1) is 0 Å².